The number of rotatable bonds is 5. The highest BCUT2D eigenvalue weighted by Gasteiger charge is 2.45. The second-order valence-electron chi connectivity index (χ2n) is 7.76. The van der Waals surface area contributed by atoms with Crippen LogP contribution in [-0.4, -0.2) is 65.6 Å². The zero-order chi connectivity index (χ0) is 22.6. The molecule has 1 saturated heterocycles. The van der Waals surface area contributed by atoms with Crippen molar-refractivity contribution in [3.8, 4) is 5.75 Å². The van der Waals surface area contributed by atoms with Crippen molar-refractivity contribution in [1.82, 2.24) is 0 Å². The van der Waals surface area contributed by atoms with Crippen LogP contribution in [0.5, 0.6) is 5.75 Å². The third-order valence-electron chi connectivity index (χ3n) is 5.78. The van der Waals surface area contributed by atoms with Crippen LogP contribution in [0.4, 0.5) is 0 Å². The molecule has 4 N–H and O–H groups in total. The molecular formula is C22H20O9S. The van der Waals surface area contributed by atoms with Gasteiger partial charge in [0, 0.05) is 10.8 Å². The van der Waals surface area contributed by atoms with E-state index in [1.165, 1.54) is 0 Å². The largest absolute Gasteiger partial charge is 0.461 e. The van der Waals surface area contributed by atoms with Gasteiger partial charge < -0.3 is 24.8 Å². The van der Waals surface area contributed by atoms with E-state index in [2.05, 4.69) is 4.18 Å². The van der Waals surface area contributed by atoms with Crippen LogP contribution in [0.25, 0.3) is 32.3 Å². The van der Waals surface area contributed by atoms with Gasteiger partial charge >= 0.3 is 10.4 Å². The SMILES string of the molecule is O=S(=O)(O)OC[C@H]1O[C@@H](Oc2ccc3ccc4cccc5ccc2c3c45)[C@H](O)[C@@H](O)[C@@H]1O. The fourth-order valence-electron chi connectivity index (χ4n) is 4.24. The van der Waals surface area contributed by atoms with Crippen molar-refractivity contribution in [2.24, 2.45) is 0 Å². The van der Waals surface area contributed by atoms with E-state index in [1.807, 2.05) is 48.5 Å². The van der Waals surface area contributed by atoms with Crippen molar-refractivity contribution in [3.63, 3.8) is 0 Å². The molecule has 4 aromatic carbocycles. The van der Waals surface area contributed by atoms with Crippen LogP contribution in [0, 0.1) is 0 Å². The van der Waals surface area contributed by atoms with E-state index < -0.39 is 47.7 Å². The lowest BCUT2D eigenvalue weighted by Gasteiger charge is -2.40. The Kier molecular flexibility index (Phi) is 5.18. The number of aliphatic hydroxyl groups excluding tert-OH is 3. The van der Waals surface area contributed by atoms with E-state index in [-0.39, 0.29) is 0 Å². The molecule has 168 valence electrons. The van der Waals surface area contributed by atoms with Crippen LogP contribution in [-0.2, 0) is 19.3 Å². The number of hydrogen-bond donors (Lipinski definition) is 4. The number of hydrogen-bond acceptors (Lipinski definition) is 8. The summed E-state index contributed by atoms with van der Waals surface area (Å²) in [6.45, 7) is -0.776. The second-order valence-corrected chi connectivity index (χ2v) is 8.86. The van der Waals surface area contributed by atoms with Gasteiger partial charge in [0.2, 0.25) is 6.29 Å². The predicted octanol–water partition coefficient (Wildman–Crippen LogP) is 1.59. The molecule has 9 nitrogen and oxygen atoms in total. The van der Waals surface area contributed by atoms with E-state index in [0.29, 0.717) is 5.75 Å². The van der Waals surface area contributed by atoms with Gasteiger partial charge in [-0.2, -0.15) is 8.42 Å². The Balaban J connectivity index is 1.51. The fraction of sp³-hybridized carbons (Fsp3) is 0.273. The molecule has 5 atom stereocenters. The van der Waals surface area contributed by atoms with Gasteiger partial charge in [0.05, 0.1) is 6.61 Å². The van der Waals surface area contributed by atoms with Crippen molar-refractivity contribution in [3.05, 3.63) is 54.6 Å². The average Bonchev–Trinajstić information content (AvgIpc) is 2.77. The summed E-state index contributed by atoms with van der Waals surface area (Å²) in [7, 11) is -4.79. The van der Waals surface area contributed by atoms with Crippen molar-refractivity contribution in [2.45, 2.75) is 30.7 Å². The molecule has 5 rings (SSSR count). The van der Waals surface area contributed by atoms with Crippen LogP contribution in [0.1, 0.15) is 0 Å². The maximum absolute atomic E-state index is 10.9. The van der Waals surface area contributed by atoms with Crippen LogP contribution in [0.15, 0.2) is 54.6 Å². The summed E-state index contributed by atoms with van der Waals surface area (Å²) in [6, 6.07) is 17.5. The quantitative estimate of drug-likeness (QED) is 0.258. The third kappa shape index (κ3) is 3.65. The minimum Gasteiger partial charge on any atom is -0.461 e. The highest BCUT2D eigenvalue weighted by atomic mass is 32.3. The number of benzene rings is 4. The van der Waals surface area contributed by atoms with E-state index in [0.717, 1.165) is 32.3 Å². The zero-order valence-corrected chi connectivity index (χ0v) is 17.3. The molecule has 1 heterocycles. The summed E-state index contributed by atoms with van der Waals surface area (Å²) >= 11 is 0. The van der Waals surface area contributed by atoms with Gasteiger partial charge in [0.1, 0.15) is 30.2 Å². The smallest absolute Gasteiger partial charge is 0.397 e. The molecule has 0 spiro atoms. The van der Waals surface area contributed by atoms with Gasteiger partial charge in [-0.15, -0.1) is 0 Å². The fourth-order valence-corrected chi connectivity index (χ4v) is 4.55. The summed E-state index contributed by atoms with van der Waals surface area (Å²) in [5.41, 5.74) is 0. The highest BCUT2D eigenvalue weighted by molar-refractivity contribution is 7.80. The van der Waals surface area contributed by atoms with Crippen molar-refractivity contribution < 1.29 is 41.9 Å². The first kappa shape index (κ1) is 21.3. The van der Waals surface area contributed by atoms with Gasteiger partial charge in [-0.05, 0) is 33.7 Å². The first-order valence-electron chi connectivity index (χ1n) is 9.87. The first-order valence-corrected chi connectivity index (χ1v) is 11.2. The van der Waals surface area contributed by atoms with Crippen LogP contribution in [0.3, 0.4) is 0 Å². The maximum Gasteiger partial charge on any atom is 0.397 e. The lowest BCUT2D eigenvalue weighted by atomic mass is 9.94. The third-order valence-corrected chi connectivity index (χ3v) is 6.22. The van der Waals surface area contributed by atoms with Gasteiger partial charge in [-0.25, -0.2) is 4.18 Å². The molecule has 1 aliphatic rings. The lowest BCUT2D eigenvalue weighted by molar-refractivity contribution is -0.276. The van der Waals surface area contributed by atoms with Crippen LogP contribution in [0.2, 0.25) is 0 Å². The molecule has 0 saturated carbocycles. The normalized spacial score (nSPS) is 26.8. The molecule has 0 radical (unpaired) electrons. The van der Waals surface area contributed by atoms with Crippen LogP contribution < -0.4 is 4.74 Å². The van der Waals surface area contributed by atoms with Gasteiger partial charge in [0.15, 0.2) is 0 Å². The number of ether oxygens (including phenoxy) is 2. The molecule has 0 unspecified atom stereocenters. The minimum atomic E-state index is -4.79. The van der Waals surface area contributed by atoms with E-state index in [1.54, 1.807) is 6.07 Å². The van der Waals surface area contributed by atoms with Gasteiger partial charge in [-0.1, -0.05) is 42.5 Å². The predicted molar refractivity (Wildman–Crippen MR) is 115 cm³/mol. The highest BCUT2D eigenvalue weighted by Crippen LogP contribution is 2.39. The Morgan fingerprint density at radius 2 is 1.44 bits per heavy atom. The summed E-state index contributed by atoms with van der Waals surface area (Å²) in [6.07, 6.45) is -7.77. The monoisotopic (exact) mass is 460 g/mol. The maximum atomic E-state index is 10.9. The standard InChI is InChI=1S/C22H20O9S/c23-19-16(10-29-32(26,27)28)31-22(21(25)20(19)24)30-15-9-7-13-5-4-11-2-1-3-12-6-8-14(15)18(13)17(11)12/h1-9,16,19-25H,10H2,(H,26,27,28)/t16-,19-,20+,21-,22-/m1/s1. The minimum absolute atomic E-state index is 0.373. The summed E-state index contributed by atoms with van der Waals surface area (Å²) < 4.78 is 46.2. The van der Waals surface area contributed by atoms with Gasteiger partial charge in [0.25, 0.3) is 0 Å². The summed E-state index contributed by atoms with van der Waals surface area (Å²) in [5.74, 6) is 0.373. The Morgan fingerprint density at radius 1 is 0.812 bits per heavy atom. The molecule has 0 aliphatic carbocycles. The van der Waals surface area contributed by atoms with Crippen molar-refractivity contribution in [1.29, 1.82) is 0 Å². The second kappa shape index (κ2) is 7.78. The molecular weight excluding hydrogens is 440 g/mol. The molecule has 0 bridgehead atoms. The van der Waals surface area contributed by atoms with Crippen molar-refractivity contribution in [2.75, 3.05) is 6.61 Å². The molecule has 32 heavy (non-hydrogen) atoms. The Bertz CT molecular complexity index is 1370. The van der Waals surface area contributed by atoms with Gasteiger partial charge in [-0.3, -0.25) is 4.55 Å². The molecule has 0 aromatic heterocycles. The molecule has 10 heteroatoms. The Hall–Kier alpha value is -2.57. The Morgan fingerprint density at radius 3 is 2.12 bits per heavy atom. The lowest BCUT2D eigenvalue weighted by Crippen LogP contribution is -2.60. The number of aliphatic hydroxyl groups is 3. The molecule has 1 fully saturated rings. The molecule has 0 amide bonds. The van der Waals surface area contributed by atoms with E-state index >= 15 is 0 Å². The molecule has 4 aromatic rings. The van der Waals surface area contributed by atoms with E-state index in [9.17, 15) is 23.7 Å². The van der Waals surface area contributed by atoms with E-state index in [4.69, 9.17) is 14.0 Å². The van der Waals surface area contributed by atoms with Crippen LogP contribution >= 0.6 is 0 Å². The van der Waals surface area contributed by atoms with Crippen molar-refractivity contribution >= 4 is 42.7 Å². The topological polar surface area (TPSA) is 143 Å². The summed E-state index contributed by atoms with van der Waals surface area (Å²) in [5, 5.41) is 36.6. The first-order chi connectivity index (χ1) is 15.2. The average molecular weight is 460 g/mol. The Labute approximate surface area is 182 Å². The molecule has 1 aliphatic heterocycles. The zero-order valence-electron chi connectivity index (χ0n) is 16.5. The summed E-state index contributed by atoms with van der Waals surface area (Å²) in [4.78, 5) is 0.